The van der Waals surface area contributed by atoms with Crippen molar-refractivity contribution < 1.29 is 4.74 Å². The number of hydrogen-bond acceptors (Lipinski definition) is 3. The van der Waals surface area contributed by atoms with Gasteiger partial charge in [-0.25, -0.2) is 4.98 Å². The maximum absolute atomic E-state index is 5.36. The molecule has 3 nitrogen and oxygen atoms in total. The number of ether oxygens (including phenoxy) is 1. The van der Waals surface area contributed by atoms with Crippen molar-refractivity contribution >= 4 is 16.6 Å². The Morgan fingerprint density at radius 1 is 1.06 bits per heavy atom. The first kappa shape index (κ1) is 9.60. The molecule has 1 aromatic carbocycles. The van der Waals surface area contributed by atoms with Gasteiger partial charge in [0.15, 0.2) is 0 Å². The average molecular weight is 214 g/mol. The Morgan fingerprint density at radius 3 is 2.75 bits per heavy atom. The van der Waals surface area contributed by atoms with Gasteiger partial charge in [0, 0.05) is 24.7 Å². The summed E-state index contributed by atoms with van der Waals surface area (Å²) in [5, 5.41) is 2.48. The van der Waals surface area contributed by atoms with Gasteiger partial charge in [0.1, 0.15) is 5.82 Å². The Labute approximate surface area is 94.7 Å². The van der Waals surface area contributed by atoms with E-state index in [1.807, 2.05) is 6.20 Å². The second-order valence-electron chi connectivity index (χ2n) is 3.96. The lowest BCUT2D eigenvalue weighted by Gasteiger charge is -2.28. The fraction of sp³-hybridized carbons (Fsp3) is 0.308. The van der Waals surface area contributed by atoms with Crippen LogP contribution in [0.25, 0.3) is 10.8 Å². The number of nitrogens with zero attached hydrogens (tertiary/aromatic N) is 2. The molecule has 82 valence electrons. The van der Waals surface area contributed by atoms with Gasteiger partial charge >= 0.3 is 0 Å². The van der Waals surface area contributed by atoms with Crippen LogP contribution >= 0.6 is 0 Å². The van der Waals surface area contributed by atoms with E-state index in [2.05, 4.69) is 40.2 Å². The normalized spacial score (nSPS) is 16.6. The first-order valence-electron chi connectivity index (χ1n) is 5.61. The predicted octanol–water partition coefficient (Wildman–Crippen LogP) is 2.07. The Bertz CT molecular complexity index is 487. The minimum Gasteiger partial charge on any atom is -0.378 e. The summed E-state index contributed by atoms with van der Waals surface area (Å²) in [4.78, 5) is 6.80. The van der Waals surface area contributed by atoms with Crippen molar-refractivity contribution in [2.75, 3.05) is 31.2 Å². The molecule has 2 heterocycles. The average Bonchev–Trinajstić information content (AvgIpc) is 2.39. The van der Waals surface area contributed by atoms with E-state index in [1.165, 1.54) is 10.8 Å². The third-order valence-corrected chi connectivity index (χ3v) is 2.96. The van der Waals surface area contributed by atoms with Crippen LogP contribution in [0.5, 0.6) is 0 Å². The van der Waals surface area contributed by atoms with Crippen molar-refractivity contribution in [3.05, 3.63) is 36.5 Å². The van der Waals surface area contributed by atoms with Gasteiger partial charge in [-0.1, -0.05) is 24.3 Å². The van der Waals surface area contributed by atoms with Crippen molar-refractivity contribution in [1.29, 1.82) is 0 Å². The van der Waals surface area contributed by atoms with E-state index in [4.69, 9.17) is 4.74 Å². The smallest absolute Gasteiger partial charge is 0.136 e. The van der Waals surface area contributed by atoms with Gasteiger partial charge in [-0.2, -0.15) is 0 Å². The SMILES string of the molecule is c1ccc2c(N3CCOCC3)nccc2c1. The van der Waals surface area contributed by atoms with Crippen LogP contribution in [0.1, 0.15) is 0 Å². The van der Waals surface area contributed by atoms with Crippen LogP contribution in [0.2, 0.25) is 0 Å². The quantitative estimate of drug-likeness (QED) is 0.726. The molecule has 16 heavy (non-hydrogen) atoms. The fourth-order valence-corrected chi connectivity index (χ4v) is 2.13. The first-order valence-corrected chi connectivity index (χ1v) is 5.61. The van der Waals surface area contributed by atoms with E-state index in [0.717, 1.165) is 32.1 Å². The molecule has 0 amide bonds. The number of hydrogen-bond donors (Lipinski definition) is 0. The number of fused-ring (bicyclic) bond motifs is 1. The first-order chi connectivity index (χ1) is 7.95. The van der Waals surface area contributed by atoms with Gasteiger partial charge in [0.05, 0.1) is 13.2 Å². The number of aromatic nitrogens is 1. The van der Waals surface area contributed by atoms with Crippen LogP contribution in [0, 0.1) is 0 Å². The molecule has 3 heteroatoms. The zero-order valence-corrected chi connectivity index (χ0v) is 9.10. The zero-order chi connectivity index (χ0) is 10.8. The lowest BCUT2D eigenvalue weighted by Crippen LogP contribution is -2.36. The molecule has 2 aromatic rings. The van der Waals surface area contributed by atoms with Gasteiger partial charge in [-0.3, -0.25) is 0 Å². The van der Waals surface area contributed by atoms with Crippen molar-refractivity contribution in [3.8, 4) is 0 Å². The number of benzene rings is 1. The van der Waals surface area contributed by atoms with Gasteiger partial charge in [-0.05, 0) is 11.5 Å². The molecule has 1 aliphatic rings. The minimum absolute atomic E-state index is 0.797. The third kappa shape index (κ3) is 1.63. The van der Waals surface area contributed by atoms with E-state index in [1.54, 1.807) is 0 Å². The summed E-state index contributed by atoms with van der Waals surface area (Å²) in [6.45, 7) is 3.46. The third-order valence-electron chi connectivity index (χ3n) is 2.96. The molecule has 0 saturated carbocycles. The minimum atomic E-state index is 0.797. The molecular formula is C13H14N2O. The maximum atomic E-state index is 5.36. The highest BCUT2D eigenvalue weighted by Gasteiger charge is 2.14. The number of morpholine rings is 1. The monoisotopic (exact) mass is 214 g/mol. The van der Waals surface area contributed by atoms with E-state index in [9.17, 15) is 0 Å². The van der Waals surface area contributed by atoms with Crippen molar-refractivity contribution in [2.24, 2.45) is 0 Å². The van der Waals surface area contributed by atoms with Crippen molar-refractivity contribution in [1.82, 2.24) is 4.98 Å². The summed E-state index contributed by atoms with van der Waals surface area (Å²) >= 11 is 0. The van der Waals surface area contributed by atoms with Crippen molar-refractivity contribution in [3.63, 3.8) is 0 Å². The predicted molar refractivity (Wildman–Crippen MR) is 64.8 cm³/mol. The van der Waals surface area contributed by atoms with Crippen LogP contribution in [0.15, 0.2) is 36.5 Å². The Balaban J connectivity index is 2.08. The molecule has 0 N–H and O–H groups in total. The van der Waals surface area contributed by atoms with Crippen LogP contribution in [0.3, 0.4) is 0 Å². The number of pyridine rings is 1. The van der Waals surface area contributed by atoms with Gasteiger partial charge < -0.3 is 9.64 Å². The van der Waals surface area contributed by atoms with Crippen LogP contribution in [-0.2, 0) is 4.74 Å². The highest BCUT2D eigenvalue weighted by Crippen LogP contribution is 2.24. The summed E-state index contributed by atoms with van der Waals surface area (Å²) in [7, 11) is 0. The molecule has 3 rings (SSSR count). The summed E-state index contributed by atoms with van der Waals surface area (Å²) in [5.41, 5.74) is 0. The Kier molecular flexibility index (Phi) is 2.46. The zero-order valence-electron chi connectivity index (χ0n) is 9.10. The Hall–Kier alpha value is -1.61. The highest BCUT2D eigenvalue weighted by molar-refractivity contribution is 5.92. The molecular weight excluding hydrogens is 200 g/mol. The maximum Gasteiger partial charge on any atom is 0.136 e. The summed E-state index contributed by atoms with van der Waals surface area (Å²) in [5.74, 6) is 1.08. The van der Waals surface area contributed by atoms with Crippen LogP contribution in [0.4, 0.5) is 5.82 Å². The fourth-order valence-electron chi connectivity index (χ4n) is 2.13. The topological polar surface area (TPSA) is 25.4 Å². The second-order valence-corrected chi connectivity index (χ2v) is 3.96. The molecule has 0 unspecified atom stereocenters. The molecule has 0 radical (unpaired) electrons. The Morgan fingerprint density at radius 2 is 1.88 bits per heavy atom. The van der Waals surface area contributed by atoms with Gasteiger partial charge in [-0.15, -0.1) is 0 Å². The van der Waals surface area contributed by atoms with Gasteiger partial charge in [0.25, 0.3) is 0 Å². The molecule has 1 saturated heterocycles. The molecule has 1 aliphatic heterocycles. The van der Waals surface area contributed by atoms with E-state index < -0.39 is 0 Å². The van der Waals surface area contributed by atoms with Crippen LogP contribution < -0.4 is 4.90 Å². The lowest BCUT2D eigenvalue weighted by atomic mass is 10.1. The van der Waals surface area contributed by atoms with E-state index >= 15 is 0 Å². The second kappa shape index (κ2) is 4.10. The van der Waals surface area contributed by atoms with E-state index in [0.29, 0.717) is 0 Å². The summed E-state index contributed by atoms with van der Waals surface area (Å²) in [6.07, 6.45) is 1.88. The number of anilines is 1. The standard InChI is InChI=1S/C13H14N2O/c1-2-4-12-11(3-1)5-6-14-13(12)15-7-9-16-10-8-15/h1-6H,7-10H2. The summed E-state index contributed by atoms with van der Waals surface area (Å²) in [6, 6.07) is 10.4. The van der Waals surface area contributed by atoms with E-state index in [-0.39, 0.29) is 0 Å². The van der Waals surface area contributed by atoms with Crippen LogP contribution in [-0.4, -0.2) is 31.3 Å². The highest BCUT2D eigenvalue weighted by atomic mass is 16.5. The molecule has 1 fully saturated rings. The van der Waals surface area contributed by atoms with Crippen molar-refractivity contribution in [2.45, 2.75) is 0 Å². The molecule has 0 bridgehead atoms. The largest absolute Gasteiger partial charge is 0.378 e. The molecule has 0 spiro atoms. The van der Waals surface area contributed by atoms with Gasteiger partial charge in [0.2, 0.25) is 0 Å². The molecule has 0 aliphatic carbocycles. The lowest BCUT2D eigenvalue weighted by molar-refractivity contribution is 0.122. The molecule has 1 aromatic heterocycles. The molecule has 0 atom stereocenters. The summed E-state index contributed by atoms with van der Waals surface area (Å²) < 4.78 is 5.36. The number of rotatable bonds is 1.